The molecule has 2 aliphatic carbocycles. The van der Waals surface area contributed by atoms with Gasteiger partial charge >= 0.3 is 0 Å². The normalized spacial score (nSPS) is 40.9. The number of hydrogen-bond acceptors (Lipinski definition) is 1. The molecule has 1 nitrogen and oxygen atoms in total. The van der Waals surface area contributed by atoms with Gasteiger partial charge in [-0.15, -0.1) is 0 Å². The molecule has 1 heteroatoms. The van der Waals surface area contributed by atoms with Crippen LogP contribution in [0.1, 0.15) is 17.9 Å². The second kappa shape index (κ2) is 2.22. The summed E-state index contributed by atoms with van der Waals surface area (Å²) in [5.41, 5.74) is 1.44. The zero-order chi connectivity index (χ0) is 9.12. The molecule has 0 unspecified atom stereocenters. The third kappa shape index (κ3) is 0.682. The Kier molecular flexibility index (Phi) is 1.13. The maximum Gasteiger partial charge on any atom is 0.123 e. The average Bonchev–Trinajstić information content (AvgIpc) is 2.88. The van der Waals surface area contributed by atoms with Crippen LogP contribution >= 0.6 is 0 Å². The minimum Gasteiger partial charge on any atom is -0.489 e. The van der Waals surface area contributed by atoms with Crippen LogP contribution in [-0.4, -0.2) is 6.10 Å². The summed E-state index contributed by atoms with van der Waals surface area (Å²) in [5, 5.41) is 0. The lowest BCUT2D eigenvalue weighted by molar-refractivity contribution is 0.188. The highest BCUT2D eigenvalue weighted by atomic mass is 16.5. The number of allylic oxidation sites excluding steroid dienone is 1. The number of para-hydroxylation sites is 1. The topological polar surface area (TPSA) is 9.23 Å². The first kappa shape index (κ1) is 7.10. The number of hydrogen-bond donors (Lipinski definition) is 0. The molecule has 0 saturated heterocycles. The Labute approximate surface area is 83.4 Å². The Morgan fingerprint density at radius 2 is 1.93 bits per heavy atom. The minimum absolute atomic E-state index is 0.447. The van der Waals surface area contributed by atoms with E-state index in [0.717, 1.165) is 11.7 Å². The summed E-state index contributed by atoms with van der Waals surface area (Å²) in [5.74, 6) is 3.20. The van der Waals surface area contributed by atoms with E-state index < -0.39 is 0 Å². The van der Waals surface area contributed by atoms with Gasteiger partial charge in [-0.25, -0.2) is 0 Å². The Morgan fingerprint density at radius 3 is 2.93 bits per heavy atom. The molecule has 14 heavy (non-hydrogen) atoms. The summed E-state index contributed by atoms with van der Waals surface area (Å²) in [6.45, 7) is 0. The molecule has 0 radical (unpaired) electrons. The van der Waals surface area contributed by atoms with E-state index in [1.54, 1.807) is 0 Å². The van der Waals surface area contributed by atoms with Gasteiger partial charge < -0.3 is 4.74 Å². The van der Waals surface area contributed by atoms with Crippen molar-refractivity contribution in [2.45, 2.75) is 18.4 Å². The second-order valence-electron chi connectivity index (χ2n) is 4.59. The van der Waals surface area contributed by atoms with E-state index in [2.05, 4.69) is 36.4 Å². The highest BCUT2D eigenvalue weighted by molar-refractivity contribution is 5.45. The fourth-order valence-electron chi connectivity index (χ4n) is 3.35. The molecule has 1 heterocycles. The molecule has 0 aromatic heterocycles. The summed E-state index contributed by atoms with van der Waals surface area (Å²) in [7, 11) is 0. The number of ether oxygens (including phenoxy) is 1. The lowest BCUT2D eigenvalue weighted by atomic mass is 9.86. The van der Waals surface area contributed by atoms with E-state index in [1.807, 2.05) is 0 Å². The maximum absolute atomic E-state index is 6.01. The summed E-state index contributed by atoms with van der Waals surface area (Å²) < 4.78 is 6.01. The monoisotopic (exact) mass is 184 g/mol. The van der Waals surface area contributed by atoms with Crippen LogP contribution in [0.2, 0.25) is 0 Å². The van der Waals surface area contributed by atoms with Gasteiger partial charge in [0.1, 0.15) is 11.9 Å². The lowest BCUT2D eigenvalue weighted by Crippen LogP contribution is -2.22. The Bertz CT molecular complexity index is 421. The van der Waals surface area contributed by atoms with Crippen molar-refractivity contribution >= 4 is 0 Å². The summed E-state index contributed by atoms with van der Waals surface area (Å²) in [6.07, 6.45) is 6.49. The molecule has 0 amide bonds. The molecule has 0 N–H and O–H groups in total. The van der Waals surface area contributed by atoms with Crippen LogP contribution in [0.3, 0.4) is 0 Å². The zero-order valence-corrected chi connectivity index (χ0v) is 7.89. The molecule has 1 aromatic carbocycles. The molecule has 3 aliphatic rings. The molecule has 4 atom stereocenters. The van der Waals surface area contributed by atoms with Gasteiger partial charge in [-0.2, -0.15) is 0 Å². The molecule has 1 saturated carbocycles. The molecule has 2 bridgehead atoms. The number of fused-ring (bicyclic) bond motifs is 7. The Morgan fingerprint density at radius 1 is 1.07 bits per heavy atom. The van der Waals surface area contributed by atoms with Gasteiger partial charge in [-0.05, 0) is 18.4 Å². The van der Waals surface area contributed by atoms with Crippen molar-refractivity contribution in [1.82, 2.24) is 0 Å². The van der Waals surface area contributed by atoms with E-state index in [4.69, 9.17) is 4.74 Å². The largest absolute Gasteiger partial charge is 0.489 e. The molecule has 0 spiro atoms. The standard InChI is InChI=1S/C13H12O/c1-2-4-11-10(3-1)12-8-5-6-9(7-8)13(12)14-11/h1-6,8-9,12-13H,7H2/t8-,9+,12-,13-/m0/s1. The fourth-order valence-corrected chi connectivity index (χ4v) is 3.35. The molecular formula is C13H12O. The number of benzene rings is 1. The summed E-state index contributed by atoms with van der Waals surface area (Å²) in [4.78, 5) is 0. The molecule has 1 aromatic rings. The number of rotatable bonds is 0. The first-order valence-corrected chi connectivity index (χ1v) is 5.37. The SMILES string of the molecule is C1=C[C@H]2C[C@@H]1[C@@H]1Oc3ccccc3[C@@H]12. The first-order valence-electron chi connectivity index (χ1n) is 5.37. The van der Waals surface area contributed by atoms with E-state index in [9.17, 15) is 0 Å². The highest BCUT2D eigenvalue weighted by Crippen LogP contribution is 2.56. The van der Waals surface area contributed by atoms with Crippen molar-refractivity contribution in [1.29, 1.82) is 0 Å². The van der Waals surface area contributed by atoms with E-state index >= 15 is 0 Å². The van der Waals surface area contributed by atoms with Crippen molar-refractivity contribution in [3.63, 3.8) is 0 Å². The Balaban J connectivity index is 1.89. The molecule has 70 valence electrons. The Hall–Kier alpha value is -1.24. The first-order chi connectivity index (χ1) is 6.93. The van der Waals surface area contributed by atoms with Crippen molar-refractivity contribution in [3.8, 4) is 5.75 Å². The van der Waals surface area contributed by atoms with Crippen molar-refractivity contribution in [2.24, 2.45) is 11.8 Å². The minimum atomic E-state index is 0.447. The van der Waals surface area contributed by atoms with E-state index in [-0.39, 0.29) is 0 Å². The van der Waals surface area contributed by atoms with Gasteiger partial charge in [0.05, 0.1) is 0 Å². The van der Waals surface area contributed by atoms with Crippen LogP contribution in [0.25, 0.3) is 0 Å². The smallest absolute Gasteiger partial charge is 0.123 e. The molecular weight excluding hydrogens is 172 g/mol. The lowest BCUT2D eigenvalue weighted by Gasteiger charge is -2.19. The molecule has 1 aliphatic heterocycles. The fraction of sp³-hybridized carbons (Fsp3) is 0.385. The van der Waals surface area contributed by atoms with Gasteiger partial charge in [-0.1, -0.05) is 30.4 Å². The second-order valence-corrected chi connectivity index (χ2v) is 4.59. The van der Waals surface area contributed by atoms with Crippen molar-refractivity contribution in [2.75, 3.05) is 0 Å². The predicted molar refractivity (Wildman–Crippen MR) is 54.3 cm³/mol. The summed E-state index contributed by atoms with van der Waals surface area (Å²) >= 11 is 0. The van der Waals surface area contributed by atoms with Crippen LogP contribution in [0, 0.1) is 11.8 Å². The van der Waals surface area contributed by atoms with Crippen LogP contribution < -0.4 is 4.74 Å². The van der Waals surface area contributed by atoms with Crippen LogP contribution in [0.15, 0.2) is 36.4 Å². The van der Waals surface area contributed by atoms with Crippen molar-refractivity contribution in [3.05, 3.63) is 42.0 Å². The average molecular weight is 184 g/mol. The maximum atomic E-state index is 6.01. The van der Waals surface area contributed by atoms with E-state index in [0.29, 0.717) is 17.9 Å². The molecule has 1 fully saturated rings. The summed E-state index contributed by atoms with van der Waals surface area (Å²) in [6, 6.07) is 8.52. The van der Waals surface area contributed by atoms with Crippen molar-refractivity contribution < 1.29 is 4.74 Å². The van der Waals surface area contributed by atoms with Crippen LogP contribution in [-0.2, 0) is 0 Å². The highest BCUT2D eigenvalue weighted by Gasteiger charge is 2.50. The van der Waals surface area contributed by atoms with Gasteiger partial charge in [0.15, 0.2) is 0 Å². The van der Waals surface area contributed by atoms with Gasteiger partial charge in [0, 0.05) is 17.4 Å². The third-order valence-electron chi connectivity index (χ3n) is 3.93. The molecule has 4 rings (SSSR count). The zero-order valence-electron chi connectivity index (χ0n) is 7.89. The van der Waals surface area contributed by atoms with Crippen LogP contribution in [0.4, 0.5) is 0 Å². The van der Waals surface area contributed by atoms with Gasteiger partial charge in [0.2, 0.25) is 0 Å². The van der Waals surface area contributed by atoms with E-state index in [1.165, 1.54) is 12.0 Å². The van der Waals surface area contributed by atoms with Gasteiger partial charge in [0.25, 0.3) is 0 Å². The van der Waals surface area contributed by atoms with Gasteiger partial charge in [-0.3, -0.25) is 0 Å². The van der Waals surface area contributed by atoms with Crippen LogP contribution in [0.5, 0.6) is 5.75 Å². The quantitative estimate of drug-likeness (QED) is 0.563. The predicted octanol–water partition coefficient (Wildman–Crippen LogP) is 2.74. The third-order valence-corrected chi connectivity index (χ3v) is 3.93.